The number of ketones is 2. The summed E-state index contributed by atoms with van der Waals surface area (Å²) in [6.45, 7) is 6.26. The van der Waals surface area contributed by atoms with E-state index in [0.717, 1.165) is 5.56 Å². The number of aliphatic hydroxyl groups is 3. The van der Waals surface area contributed by atoms with Gasteiger partial charge in [-0.1, -0.05) is 45.0 Å². The SMILES string of the molecule is CN(C)c1cc(-c2ccc(C(C)(C)C)cc2)c(N=O)c2c1C[C@H]1C[C@H]3[C@H](N(C)C)C(O)=C(C(N)=O)C(=O)[C@@]3(O)C(O)=C1C2=O. The lowest BCUT2D eigenvalue weighted by Gasteiger charge is -2.50. The summed E-state index contributed by atoms with van der Waals surface area (Å²) in [7, 11) is 6.82. The Kier molecular flexibility index (Phi) is 7.33. The van der Waals surface area contributed by atoms with Crippen molar-refractivity contribution in [2.75, 3.05) is 33.1 Å². The van der Waals surface area contributed by atoms with Gasteiger partial charge in [-0.3, -0.25) is 19.3 Å². The van der Waals surface area contributed by atoms with E-state index in [4.69, 9.17) is 5.73 Å². The van der Waals surface area contributed by atoms with Crippen LogP contribution in [0.15, 0.2) is 58.2 Å². The molecule has 5 N–H and O–H groups in total. The number of carbonyl (C=O) groups is 3. The van der Waals surface area contributed by atoms with Crippen LogP contribution in [0.25, 0.3) is 11.1 Å². The number of primary amides is 1. The van der Waals surface area contributed by atoms with Crippen LogP contribution in [0.5, 0.6) is 0 Å². The van der Waals surface area contributed by atoms with Crippen LogP contribution in [0.1, 0.15) is 48.7 Å². The molecule has 4 atom stereocenters. The lowest BCUT2D eigenvalue weighted by atomic mass is 9.58. The van der Waals surface area contributed by atoms with E-state index >= 15 is 0 Å². The van der Waals surface area contributed by atoms with Gasteiger partial charge in [-0.25, -0.2) is 0 Å². The number of allylic oxidation sites excluding steroid dienone is 1. The Labute approximate surface area is 255 Å². The predicted molar refractivity (Wildman–Crippen MR) is 166 cm³/mol. The summed E-state index contributed by atoms with van der Waals surface area (Å²) in [4.78, 5) is 56.1. The van der Waals surface area contributed by atoms with Crippen molar-refractivity contribution < 1.29 is 29.7 Å². The number of anilines is 1. The topological polar surface area (TPSA) is 174 Å². The molecule has 3 aliphatic rings. The molecular formula is C33H38N4O7. The standard InChI is InChI=1S/C33H38N4O7/c1-32(2,3)17-10-8-15(9-11-17)18-14-21(36(4)5)19-12-16-13-20-26(37(6)7)28(39)24(31(34)42)30(41)33(20,43)29(40)22(16)27(38)23(19)25(18)35-44/h8-11,14,16,20,26,39-40,43H,12-13H2,1-7H3,(H2,34,42)/t16-,20-,26-,33-/m0/s1. The molecule has 2 aromatic rings. The molecule has 0 aromatic heterocycles. The lowest BCUT2D eigenvalue weighted by Crippen LogP contribution is -2.63. The van der Waals surface area contributed by atoms with Crippen molar-refractivity contribution in [1.82, 2.24) is 4.90 Å². The number of carbonyl (C=O) groups excluding carboxylic acids is 3. The molecule has 2 aromatic carbocycles. The molecule has 0 fully saturated rings. The maximum absolute atomic E-state index is 14.4. The molecule has 232 valence electrons. The summed E-state index contributed by atoms with van der Waals surface area (Å²) in [5.41, 5.74) is 4.84. The smallest absolute Gasteiger partial charge is 0.255 e. The van der Waals surface area contributed by atoms with Crippen molar-refractivity contribution in [3.05, 3.63) is 74.6 Å². The molecule has 11 nitrogen and oxygen atoms in total. The third-order valence-corrected chi connectivity index (χ3v) is 9.33. The van der Waals surface area contributed by atoms with Gasteiger partial charge in [0, 0.05) is 36.8 Å². The van der Waals surface area contributed by atoms with E-state index in [1.54, 1.807) is 14.1 Å². The first-order chi connectivity index (χ1) is 20.5. The largest absolute Gasteiger partial charge is 0.510 e. The second-order valence-corrected chi connectivity index (χ2v) is 13.4. The van der Waals surface area contributed by atoms with Crippen molar-refractivity contribution in [3.63, 3.8) is 0 Å². The Morgan fingerprint density at radius 3 is 2.18 bits per heavy atom. The zero-order valence-electron chi connectivity index (χ0n) is 25.9. The zero-order chi connectivity index (χ0) is 32.6. The molecule has 5 rings (SSSR count). The number of rotatable bonds is 5. The highest BCUT2D eigenvalue weighted by Gasteiger charge is 2.63. The van der Waals surface area contributed by atoms with E-state index in [-0.39, 0.29) is 35.1 Å². The van der Waals surface area contributed by atoms with Gasteiger partial charge in [0.2, 0.25) is 5.78 Å². The molecule has 0 spiro atoms. The number of aliphatic hydroxyl groups excluding tert-OH is 2. The number of hydrogen-bond acceptors (Lipinski definition) is 10. The van der Waals surface area contributed by atoms with E-state index in [1.807, 2.05) is 49.3 Å². The Balaban J connectivity index is 1.75. The molecule has 44 heavy (non-hydrogen) atoms. The molecule has 1 amide bonds. The van der Waals surface area contributed by atoms with E-state index < -0.39 is 58.0 Å². The highest BCUT2D eigenvalue weighted by molar-refractivity contribution is 6.25. The number of likely N-dealkylation sites (N-methyl/N-ethyl adjacent to an activating group) is 1. The number of nitrogens with two attached hydrogens (primary N) is 1. The van der Waals surface area contributed by atoms with Gasteiger partial charge in [-0.05, 0) is 66.2 Å². The first-order valence-corrected chi connectivity index (χ1v) is 14.4. The Hall–Kier alpha value is -4.35. The number of Topliss-reactive ketones (excluding diaryl/α,β-unsaturated/α-hetero) is 2. The van der Waals surface area contributed by atoms with Crippen LogP contribution >= 0.6 is 0 Å². The van der Waals surface area contributed by atoms with Gasteiger partial charge in [0.1, 0.15) is 22.8 Å². The van der Waals surface area contributed by atoms with Gasteiger partial charge < -0.3 is 26.0 Å². The fourth-order valence-electron chi connectivity index (χ4n) is 7.16. The number of fused-ring (bicyclic) bond motifs is 3. The molecule has 0 radical (unpaired) electrons. The number of amides is 1. The second-order valence-electron chi connectivity index (χ2n) is 13.4. The average Bonchev–Trinajstić information content (AvgIpc) is 2.93. The predicted octanol–water partition coefficient (Wildman–Crippen LogP) is 3.84. The third kappa shape index (κ3) is 4.36. The molecule has 0 aliphatic heterocycles. The fraction of sp³-hybridized carbons (Fsp3) is 0.424. The molecule has 3 aliphatic carbocycles. The Bertz CT molecular complexity index is 1680. The summed E-state index contributed by atoms with van der Waals surface area (Å²) < 4.78 is 0. The number of nitroso groups, excluding NO2 is 1. The Morgan fingerprint density at radius 2 is 1.68 bits per heavy atom. The third-order valence-electron chi connectivity index (χ3n) is 9.33. The quantitative estimate of drug-likeness (QED) is 0.293. The van der Waals surface area contributed by atoms with Crippen molar-refractivity contribution in [3.8, 4) is 11.1 Å². The summed E-state index contributed by atoms with van der Waals surface area (Å²) in [5.74, 6) is -6.55. The van der Waals surface area contributed by atoms with Crippen LogP contribution in [0, 0.1) is 16.7 Å². The summed E-state index contributed by atoms with van der Waals surface area (Å²) in [6.07, 6.45) is 0.201. The van der Waals surface area contributed by atoms with Gasteiger partial charge in [-0.2, -0.15) is 0 Å². The van der Waals surface area contributed by atoms with Gasteiger partial charge in [0.15, 0.2) is 11.4 Å². The molecule has 0 saturated heterocycles. The van der Waals surface area contributed by atoms with Crippen molar-refractivity contribution >= 4 is 28.8 Å². The van der Waals surface area contributed by atoms with Crippen LogP contribution in [0.2, 0.25) is 0 Å². The van der Waals surface area contributed by atoms with Crippen LogP contribution in [0.3, 0.4) is 0 Å². The number of nitrogens with zero attached hydrogens (tertiary/aromatic N) is 3. The van der Waals surface area contributed by atoms with E-state index in [2.05, 4.69) is 25.9 Å². The maximum atomic E-state index is 14.4. The Morgan fingerprint density at radius 1 is 1.07 bits per heavy atom. The van der Waals surface area contributed by atoms with Crippen molar-refractivity contribution in [2.24, 2.45) is 22.7 Å². The first kappa shape index (κ1) is 31.1. The zero-order valence-corrected chi connectivity index (χ0v) is 25.9. The number of hydrogen-bond donors (Lipinski definition) is 4. The van der Waals surface area contributed by atoms with Gasteiger partial charge in [-0.15, -0.1) is 4.91 Å². The van der Waals surface area contributed by atoms with E-state index in [1.165, 1.54) is 4.90 Å². The van der Waals surface area contributed by atoms with Gasteiger partial charge in [0.25, 0.3) is 5.91 Å². The second kappa shape index (κ2) is 10.4. The van der Waals surface area contributed by atoms with E-state index in [9.17, 15) is 34.6 Å². The highest BCUT2D eigenvalue weighted by Crippen LogP contribution is 2.54. The fourth-order valence-corrected chi connectivity index (χ4v) is 7.16. The van der Waals surface area contributed by atoms with Crippen LogP contribution in [0.4, 0.5) is 11.4 Å². The minimum atomic E-state index is -2.70. The number of benzene rings is 2. The maximum Gasteiger partial charge on any atom is 0.255 e. The molecule has 0 unspecified atom stereocenters. The minimum absolute atomic E-state index is 0.0121. The van der Waals surface area contributed by atoms with Crippen molar-refractivity contribution in [1.29, 1.82) is 0 Å². The van der Waals surface area contributed by atoms with Gasteiger partial charge >= 0.3 is 0 Å². The molecule has 0 bridgehead atoms. The lowest BCUT2D eigenvalue weighted by molar-refractivity contribution is -0.148. The van der Waals surface area contributed by atoms with Crippen LogP contribution in [-0.2, 0) is 21.4 Å². The molecule has 0 saturated carbocycles. The monoisotopic (exact) mass is 602 g/mol. The minimum Gasteiger partial charge on any atom is -0.510 e. The molecular weight excluding hydrogens is 564 g/mol. The normalized spacial score (nSPS) is 25.1. The summed E-state index contributed by atoms with van der Waals surface area (Å²) in [6, 6.07) is 8.41. The summed E-state index contributed by atoms with van der Waals surface area (Å²) >= 11 is 0. The molecule has 0 heterocycles. The van der Waals surface area contributed by atoms with Crippen molar-refractivity contribution in [2.45, 2.75) is 50.7 Å². The first-order valence-electron chi connectivity index (χ1n) is 14.4. The highest BCUT2D eigenvalue weighted by atomic mass is 16.3. The molecule has 11 heteroatoms. The van der Waals surface area contributed by atoms with E-state index in [0.29, 0.717) is 22.4 Å². The summed E-state index contributed by atoms with van der Waals surface area (Å²) in [5, 5.41) is 37.8. The van der Waals surface area contributed by atoms with Crippen LogP contribution in [-0.4, -0.2) is 77.5 Å². The van der Waals surface area contributed by atoms with Gasteiger partial charge in [0.05, 0.1) is 11.6 Å². The van der Waals surface area contributed by atoms with Crippen LogP contribution < -0.4 is 10.6 Å². The average molecular weight is 603 g/mol.